The molecule has 0 atom stereocenters. The number of carbonyl (C=O) groups is 2. The van der Waals surface area contributed by atoms with Crippen molar-refractivity contribution in [2.45, 2.75) is 45.6 Å². The summed E-state index contributed by atoms with van der Waals surface area (Å²) in [4.78, 5) is 28.7. The maximum absolute atomic E-state index is 12.5. The molecule has 2 rings (SSSR count). The topological polar surface area (TPSA) is 61.9 Å². The summed E-state index contributed by atoms with van der Waals surface area (Å²) in [5.41, 5.74) is -0.254. The standard InChI is InChI=1S/C16H29N3O3/c1-4-19-14(20)5-8-18(15(21)17-11-13(2)3)12-16(19)6-9-22-10-7-16/h13H,4-12H2,1-3H3,(H,17,21). The lowest BCUT2D eigenvalue weighted by Gasteiger charge is -2.46. The molecule has 0 radical (unpaired) electrons. The van der Waals surface area contributed by atoms with Gasteiger partial charge in [-0.15, -0.1) is 0 Å². The van der Waals surface area contributed by atoms with Crippen molar-refractivity contribution in [3.63, 3.8) is 0 Å². The Morgan fingerprint density at radius 1 is 1.36 bits per heavy atom. The summed E-state index contributed by atoms with van der Waals surface area (Å²) in [5, 5.41) is 2.98. The van der Waals surface area contributed by atoms with Gasteiger partial charge in [0.05, 0.1) is 5.54 Å². The zero-order valence-electron chi connectivity index (χ0n) is 14.1. The minimum Gasteiger partial charge on any atom is -0.381 e. The maximum Gasteiger partial charge on any atom is 0.317 e. The summed E-state index contributed by atoms with van der Waals surface area (Å²) in [6.45, 7) is 9.95. The van der Waals surface area contributed by atoms with Crippen LogP contribution in [0.15, 0.2) is 0 Å². The highest BCUT2D eigenvalue weighted by molar-refractivity contribution is 5.80. The van der Waals surface area contributed by atoms with Gasteiger partial charge in [-0.25, -0.2) is 4.79 Å². The summed E-state index contributed by atoms with van der Waals surface area (Å²) >= 11 is 0. The van der Waals surface area contributed by atoms with Crippen LogP contribution >= 0.6 is 0 Å². The van der Waals surface area contributed by atoms with Gasteiger partial charge in [-0.2, -0.15) is 0 Å². The molecule has 0 aromatic carbocycles. The summed E-state index contributed by atoms with van der Waals surface area (Å²) in [7, 11) is 0. The van der Waals surface area contributed by atoms with Crippen molar-refractivity contribution in [1.82, 2.24) is 15.1 Å². The number of ether oxygens (including phenoxy) is 1. The fourth-order valence-electron chi connectivity index (χ4n) is 3.42. The fraction of sp³-hybridized carbons (Fsp3) is 0.875. The van der Waals surface area contributed by atoms with Crippen molar-refractivity contribution in [2.75, 3.05) is 39.4 Å². The van der Waals surface area contributed by atoms with Crippen LogP contribution in [0.5, 0.6) is 0 Å². The predicted molar refractivity (Wildman–Crippen MR) is 84.6 cm³/mol. The molecular weight excluding hydrogens is 282 g/mol. The van der Waals surface area contributed by atoms with Crippen LogP contribution in [-0.4, -0.2) is 66.7 Å². The lowest BCUT2D eigenvalue weighted by molar-refractivity contribution is -0.139. The lowest BCUT2D eigenvalue weighted by atomic mass is 9.87. The summed E-state index contributed by atoms with van der Waals surface area (Å²) in [6, 6.07) is -0.0506. The van der Waals surface area contributed by atoms with Gasteiger partial charge < -0.3 is 19.9 Å². The van der Waals surface area contributed by atoms with Crippen LogP contribution in [0.4, 0.5) is 4.79 Å². The average molecular weight is 311 g/mol. The zero-order valence-corrected chi connectivity index (χ0v) is 14.1. The largest absolute Gasteiger partial charge is 0.381 e. The van der Waals surface area contributed by atoms with Gasteiger partial charge in [0.15, 0.2) is 0 Å². The zero-order chi connectivity index (χ0) is 16.2. The smallest absolute Gasteiger partial charge is 0.317 e. The van der Waals surface area contributed by atoms with Crippen LogP contribution in [-0.2, 0) is 9.53 Å². The first kappa shape index (κ1) is 17.1. The van der Waals surface area contributed by atoms with E-state index < -0.39 is 0 Å². The van der Waals surface area contributed by atoms with Crippen molar-refractivity contribution < 1.29 is 14.3 Å². The first-order valence-electron chi connectivity index (χ1n) is 8.39. The molecule has 1 spiro atoms. The number of amides is 3. The van der Waals surface area contributed by atoms with Crippen molar-refractivity contribution in [3.8, 4) is 0 Å². The van der Waals surface area contributed by atoms with Gasteiger partial charge in [0.2, 0.25) is 5.91 Å². The van der Waals surface area contributed by atoms with E-state index in [9.17, 15) is 9.59 Å². The Bertz CT molecular complexity index is 405. The van der Waals surface area contributed by atoms with Crippen molar-refractivity contribution >= 4 is 11.9 Å². The van der Waals surface area contributed by atoms with Gasteiger partial charge in [0.25, 0.3) is 0 Å². The second-order valence-electron chi connectivity index (χ2n) is 6.73. The second kappa shape index (κ2) is 7.31. The highest BCUT2D eigenvalue weighted by Crippen LogP contribution is 2.31. The Kier molecular flexibility index (Phi) is 5.67. The van der Waals surface area contributed by atoms with E-state index in [-0.39, 0.29) is 17.5 Å². The van der Waals surface area contributed by atoms with Crippen LogP contribution in [0.1, 0.15) is 40.0 Å². The van der Waals surface area contributed by atoms with E-state index in [4.69, 9.17) is 4.74 Å². The SMILES string of the molecule is CCN1C(=O)CCN(C(=O)NCC(C)C)CC12CCOCC2. The predicted octanol–water partition coefficient (Wildman–Crippen LogP) is 1.46. The second-order valence-corrected chi connectivity index (χ2v) is 6.73. The lowest BCUT2D eigenvalue weighted by Crippen LogP contribution is -2.59. The van der Waals surface area contributed by atoms with Crippen LogP contribution in [0, 0.1) is 5.92 Å². The van der Waals surface area contributed by atoms with Gasteiger partial charge in [-0.05, 0) is 25.7 Å². The van der Waals surface area contributed by atoms with Crippen LogP contribution < -0.4 is 5.32 Å². The van der Waals surface area contributed by atoms with E-state index >= 15 is 0 Å². The molecule has 6 nitrogen and oxygen atoms in total. The number of nitrogens with one attached hydrogen (secondary N) is 1. The monoisotopic (exact) mass is 311 g/mol. The summed E-state index contributed by atoms with van der Waals surface area (Å²) in [6.07, 6.45) is 2.02. The normalized spacial score (nSPS) is 22.1. The van der Waals surface area contributed by atoms with E-state index in [2.05, 4.69) is 19.2 Å². The molecule has 0 aromatic rings. The van der Waals surface area contributed by atoms with E-state index in [0.717, 1.165) is 12.8 Å². The molecule has 6 heteroatoms. The number of urea groups is 1. The molecule has 22 heavy (non-hydrogen) atoms. The van der Waals surface area contributed by atoms with Gasteiger partial charge in [0.1, 0.15) is 0 Å². The highest BCUT2D eigenvalue weighted by Gasteiger charge is 2.44. The first-order valence-corrected chi connectivity index (χ1v) is 8.39. The third-order valence-electron chi connectivity index (χ3n) is 4.64. The molecular formula is C16H29N3O3. The fourth-order valence-corrected chi connectivity index (χ4v) is 3.42. The number of likely N-dealkylation sites (N-methyl/N-ethyl adjacent to an activating group) is 1. The third-order valence-corrected chi connectivity index (χ3v) is 4.64. The number of rotatable bonds is 3. The van der Waals surface area contributed by atoms with Crippen molar-refractivity contribution in [3.05, 3.63) is 0 Å². The maximum atomic E-state index is 12.5. The number of hydrogen-bond acceptors (Lipinski definition) is 3. The molecule has 2 heterocycles. The quantitative estimate of drug-likeness (QED) is 0.858. The number of hydrogen-bond donors (Lipinski definition) is 1. The molecule has 0 saturated carbocycles. The van der Waals surface area contributed by atoms with Gasteiger partial charge in [-0.3, -0.25) is 4.79 Å². The molecule has 0 aromatic heterocycles. The molecule has 3 amide bonds. The molecule has 0 aliphatic carbocycles. The van der Waals surface area contributed by atoms with Crippen LogP contribution in [0.3, 0.4) is 0 Å². The first-order chi connectivity index (χ1) is 10.5. The molecule has 0 bridgehead atoms. The van der Waals surface area contributed by atoms with Crippen molar-refractivity contribution in [1.29, 1.82) is 0 Å². The van der Waals surface area contributed by atoms with Crippen molar-refractivity contribution in [2.24, 2.45) is 5.92 Å². The van der Waals surface area contributed by atoms with Crippen LogP contribution in [0.2, 0.25) is 0 Å². The summed E-state index contributed by atoms with van der Waals surface area (Å²) in [5.74, 6) is 0.574. The minimum atomic E-state index is -0.254. The van der Waals surface area contributed by atoms with Gasteiger partial charge in [0, 0.05) is 45.8 Å². The molecule has 2 aliphatic rings. The van der Waals surface area contributed by atoms with E-state index in [1.165, 1.54) is 0 Å². The Labute approximate surface area is 133 Å². The number of nitrogens with zero attached hydrogens (tertiary/aromatic N) is 2. The minimum absolute atomic E-state index is 0.0506. The van der Waals surface area contributed by atoms with Gasteiger partial charge >= 0.3 is 6.03 Å². The Hall–Kier alpha value is -1.30. The Balaban J connectivity index is 2.14. The molecule has 1 N–H and O–H groups in total. The Morgan fingerprint density at radius 3 is 2.64 bits per heavy atom. The average Bonchev–Trinajstić information content (AvgIpc) is 2.62. The van der Waals surface area contributed by atoms with Crippen LogP contribution in [0.25, 0.3) is 0 Å². The molecule has 2 fully saturated rings. The molecule has 0 unspecified atom stereocenters. The van der Waals surface area contributed by atoms with E-state index in [1.807, 2.05) is 16.7 Å². The number of carbonyl (C=O) groups excluding carboxylic acids is 2. The van der Waals surface area contributed by atoms with E-state index in [0.29, 0.717) is 51.7 Å². The Morgan fingerprint density at radius 2 is 2.05 bits per heavy atom. The summed E-state index contributed by atoms with van der Waals surface area (Å²) < 4.78 is 5.48. The molecule has 2 aliphatic heterocycles. The third kappa shape index (κ3) is 3.72. The molecule has 126 valence electrons. The van der Waals surface area contributed by atoms with Gasteiger partial charge in [-0.1, -0.05) is 13.8 Å². The molecule has 2 saturated heterocycles. The highest BCUT2D eigenvalue weighted by atomic mass is 16.5. The van der Waals surface area contributed by atoms with E-state index in [1.54, 1.807) is 0 Å².